The van der Waals surface area contributed by atoms with Crippen molar-refractivity contribution in [3.05, 3.63) is 29.8 Å². The average molecular weight is 372 g/mol. The van der Waals surface area contributed by atoms with Gasteiger partial charge in [0.05, 0.1) is 0 Å². The number of amides is 2. The number of rotatable bonds is 6. The SMILES string of the molecule is CC(=O)Nc1ccc(CCN2CCN(C(=O)C(C)C3CCCC3)CC2)cc1. The minimum absolute atomic E-state index is 0.0441. The number of anilines is 1. The number of nitrogens with zero attached hydrogens (tertiary/aromatic N) is 2. The first-order valence-corrected chi connectivity index (χ1v) is 10.4. The summed E-state index contributed by atoms with van der Waals surface area (Å²) in [5, 5.41) is 2.80. The van der Waals surface area contributed by atoms with Crippen LogP contribution in [0.15, 0.2) is 24.3 Å². The van der Waals surface area contributed by atoms with Gasteiger partial charge in [0.25, 0.3) is 0 Å². The Balaban J connectivity index is 1.40. The molecule has 2 aliphatic rings. The van der Waals surface area contributed by atoms with Crippen LogP contribution in [0.4, 0.5) is 5.69 Å². The fourth-order valence-electron chi connectivity index (χ4n) is 4.38. The fourth-order valence-corrected chi connectivity index (χ4v) is 4.38. The summed E-state index contributed by atoms with van der Waals surface area (Å²) in [4.78, 5) is 28.4. The first kappa shape index (κ1) is 19.9. The Kier molecular flexibility index (Phi) is 6.89. The maximum atomic E-state index is 12.8. The molecule has 0 bridgehead atoms. The molecule has 5 heteroatoms. The third-order valence-corrected chi connectivity index (χ3v) is 6.17. The summed E-state index contributed by atoms with van der Waals surface area (Å²) in [6, 6.07) is 8.07. The average Bonchev–Trinajstić information content (AvgIpc) is 3.21. The molecular weight excluding hydrogens is 338 g/mol. The zero-order valence-electron chi connectivity index (χ0n) is 16.7. The number of carbonyl (C=O) groups is 2. The molecule has 1 aromatic carbocycles. The zero-order valence-corrected chi connectivity index (χ0v) is 16.7. The maximum absolute atomic E-state index is 12.8. The van der Waals surface area contributed by atoms with E-state index in [-0.39, 0.29) is 11.8 Å². The topological polar surface area (TPSA) is 52.7 Å². The quantitative estimate of drug-likeness (QED) is 0.836. The summed E-state index contributed by atoms with van der Waals surface area (Å²) < 4.78 is 0. The third-order valence-electron chi connectivity index (χ3n) is 6.17. The van der Waals surface area contributed by atoms with Gasteiger partial charge in [0.15, 0.2) is 0 Å². The molecule has 1 aliphatic heterocycles. The molecule has 1 saturated carbocycles. The molecule has 2 fully saturated rings. The molecule has 0 radical (unpaired) electrons. The second kappa shape index (κ2) is 9.36. The van der Waals surface area contributed by atoms with Gasteiger partial charge >= 0.3 is 0 Å². The molecule has 148 valence electrons. The van der Waals surface area contributed by atoms with Crippen molar-refractivity contribution in [2.24, 2.45) is 11.8 Å². The molecule has 1 atom stereocenters. The van der Waals surface area contributed by atoms with Crippen LogP contribution in [0.3, 0.4) is 0 Å². The van der Waals surface area contributed by atoms with E-state index in [4.69, 9.17) is 0 Å². The van der Waals surface area contributed by atoms with Crippen molar-refractivity contribution < 1.29 is 9.59 Å². The predicted octanol–water partition coefficient (Wildman–Crippen LogP) is 3.16. The lowest BCUT2D eigenvalue weighted by atomic mass is 9.91. The monoisotopic (exact) mass is 371 g/mol. The van der Waals surface area contributed by atoms with E-state index in [9.17, 15) is 9.59 Å². The molecule has 1 saturated heterocycles. The van der Waals surface area contributed by atoms with Crippen LogP contribution in [-0.2, 0) is 16.0 Å². The van der Waals surface area contributed by atoms with Crippen molar-refractivity contribution in [3.8, 4) is 0 Å². The van der Waals surface area contributed by atoms with Crippen LogP contribution in [0.1, 0.15) is 45.1 Å². The summed E-state index contributed by atoms with van der Waals surface area (Å²) in [5.74, 6) is 1.13. The van der Waals surface area contributed by atoms with Crippen LogP contribution in [0.2, 0.25) is 0 Å². The highest BCUT2D eigenvalue weighted by atomic mass is 16.2. The van der Waals surface area contributed by atoms with E-state index < -0.39 is 0 Å². The van der Waals surface area contributed by atoms with Crippen molar-refractivity contribution in [3.63, 3.8) is 0 Å². The van der Waals surface area contributed by atoms with Crippen molar-refractivity contribution in [2.45, 2.75) is 46.0 Å². The number of hydrogen-bond donors (Lipinski definition) is 1. The van der Waals surface area contributed by atoms with Gasteiger partial charge in [0.1, 0.15) is 0 Å². The molecule has 3 rings (SSSR count). The largest absolute Gasteiger partial charge is 0.340 e. The van der Waals surface area contributed by atoms with Crippen molar-refractivity contribution in [1.82, 2.24) is 9.80 Å². The highest BCUT2D eigenvalue weighted by molar-refractivity contribution is 5.88. The lowest BCUT2D eigenvalue weighted by Gasteiger charge is -2.37. The first-order valence-electron chi connectivity index (χ1n) is 10.4. The summed E-state index contributed by atoms with van der Waals surface area (Å²) in [6.07, 6.45) is 6.04. The van der Waals surface area contributed by atoms with E-state index in [1.165, 1.54) is 38.2 Å². The molecular formula is C22H33N3O2. The number of nitrogens with one attached hydrogen (secondary N) is 1. The van der Waals surface area contributed by atoms with E-state index in [0.29, 0.717) is 11.8 Å². The molecule has 1 heterocycles. The predicted molar refractivity (Wildman–Crippen MR) is 109 cm³/mol. The van der Waals surface area contributed by atoms with Crippen LogP contribution in [0.5, 0.6) is 0 Å². The van der Waals surface area contributed by atoms with Crippen molar-refractivity contribution in [2.75, 3.05) is 38.0 Å². The van der Waals surface area contributed by atoms with Gasteiger partial charge in [-0.3, -0.25) is 14.5 Å². The molecule has 1 N–H and O–H groups in total. The highest BCUT2D eigenvalue weighted by Crippen LogP contribution is 2.32. The Morgan fingerprint density at radius 2 is 1.70 bits per heavy atom. The van der Waals surface area contributed by atoms with Gasteiger partial charge in [0.2, 0.25) is 11.8 Å². The summed E-state index contributed by atoms with van der Waals surface area (Å²) in [7, 11) is 0. The molecule has 0 aromatic heterocycles. The smallest absolute Gasteiger partial charge is 0.225 e. The fraction of sp³-hybridized carbons (Fsp3) is 0.636. The molecule has 5 nitrogen and oxygen atoms in total. The maximum Gasteiger partial charge on any atom is 0.225 e. The molecule has 0 spiro atoms. The standard InChI is InChI=1S/C22H33N3O2/c1-17(20-5-3-4-6-20)22(27)25-15-13-24(14-16-25)12-11-19-7-9-21(10-8-19)23-18(2)26/h7-10,17,20H,3-6,11-16H2,1-2H3,(H,23,26). The van der Waals surface area contributed by atoms with E-state index in [1.807, 2.05) is 12.1 Å². The van der Waals surface area contributed by atoms with Crippen LogP contribution < -0.4 is 5.32 Å². The number of piperazine rings is 1. The Labute approximate surface area is 163 Å². The second-order valence-electron chi connectivity index (χ2n) is 8.13. The zero-order chi connectivity index (χ0) is 19.2. The van der Waals surface area contributed by atoms with Crippen LogP contribution in [0.25, 0.3) is 0 Å². The van der Waals surface area contributed by atoms with E-state index in [2.05, 4.69) is 34.2 Å². The Morgan fingerprint density at radius 3 is 2.30 bits per heavy atom. The van der Waals surface area contributed by atoms with Crippen LogP contribution in [0, 0.1) is 11.8 Å². The second-order valence-corrected chi connectivity index (χ2v) is 8.13. The first-order chi connectivity index (χ1) is 13.0. The Morgan fingerprint density at radius 1 is 1.07 bits per heavy atom. The molecule has 1 aliphatic carbocycles. The number of carbonyl (C=O) groups excluding carboxylic acids is 2. The minimum Gasteiger partial charge on any atom is -0.340 e. The number of benzene rings is 1. The van der Waals surface area contributed by atoms with Gasteiger partial charge in [-0.25, -0.2) is 0 Å². The van der Waals surface area contributed by atoms with Gasteiger partial charge in [0, 0.05) is 51.3 Å². The van der Waals surface area contributed by atoms with Gasteiger partial charge in [-0.05, 0) is 42.9 Å². The van der Waals surface area contributed by atoms with Crippen LogP contribution >= 0.6 is 0 Å². The van der Waals surface area contributed by atoms with Crippen LogP contribution in [-0.4, -0.2) is 54.3 Å². The summed E-state index contributed by atoms with van der Waals surface area (Å²) in [6.45, 7) is 8.32. The van der Waals surface area contributed by atoms with E-state index in [0.717, 1.165) is 44.8 Å². The van der Waals surface area contributed by atoms with E-state index in [1.54, 1.807) is 0 Å². The molecule has 27 heavy (non-hydrogen) atoms. The minimum atomic E-state index is -0.0441. The molecule has 2 amide bonds. The lowest BCUT2D eigenvalue weighted by molar-refractivity contribution is -0.138. The summed E-state index contributed by atoms with van der Waals surface area (Å²) in [5.41, 5.74) is 2.12. The Bertz CT molecular complexity index is 629. The lowest BCUT2D eigenvalue weighted by Crippen LogP contribution is -2.51. The van der Waals surface area contributed by atoms with Crippen molar-refractivity contribution >= 4 is 17.5 Å². The normalized spacial score (nSPS) is 19.9. The molecule has 1 aromatic rings. The summed E-state index contributed by atoms with van der Waals surface area (Å²) >= 11 is 0. The van der Waals surface area contributed by atoms with Gasteiger partial charge < -0.3 is 10.2 Å². The number of hydrogen-bond acceptors (Lipinski definition) is 3. The van der Waals surface area contributed by atoms with Gasteiger partial charge in [-0.1, -0.05) is 31.9 Å². The third kappa shape index (κ3) is 5.55. The highest BCUT2D eigenvalue weighted by Gasteiger charge is 2.31. The van der Waals surface area contributed by atoms with Crippen molar-refractivity contribution in [1.29, 1.82) is 0 Å². The van der Waals surface area contributed by atoms with Gasteiger partial charge in [-0.2, -0.15) is 0 Å². The Hall–Kier alpha value is -1.88. The van der Waals surface area contributed by atoms with Gasteiger partial charge in [-0.15, -0.1) is 0 Å². The molecule has 1 unspecified atom stereocenters. The van der Waals surface area contributed by atoms with E-state index >= 15 is 0 Å².